The molecule has 0 unspecified atom stereocenters. The van der Waals surface area contributed by atoms with Crippen LogP contribution in [0.2, 0.25) is 0 Å². The number of hydrogen-bond acceptors (Lipinski definition) is 4. The van der Waals surface area contributed by atoms with Crippen molar-refractivity contribution < 1.29 is 8.81 Å². The average Bonchev–Trinajstić information content (AvgIpc) is 2.83. The number of aromatic nitrogens is 1. The second-order valence-electron chi connectivity index (χ2n) is 3.74. The molecule has 4 nitrogen and oxygen atoms in total. The Balaban J connectivity index is 2.16. The summed E-state index contributed by atoms with van der Waals surface area (Å²) in [6.07, 6.45) is 0. The Labute approximate surface area is 101 Å². The number of fused-ring (bicyclic) bond motifs is 1. The van der Waals surface area contributed by atoms with Crippen molar-refractivity contribution in [3.05, 3.63) is 53.2 Å². The Morgan fingerprint density at radius 2 is 2.00 bits per heavy atom. The highest BCUT2D eigenvalue weighted by molar-refractivity contribution is 5.76. The molecular weight excluding hydrogens is 235 g/mol. The molecule has 1 aromatic heterocycles. The minimum atomic E-state index is -0.662. The predicted molar refractivity (Wildman–Crippen MR) is 64.9 cm³/mol. The number of hydrogen-bond donors (Lipinski definition) is 0. The average molecular weight is 242 g/mol. The van der Waals surface area contributed by atoms with E-state index in [2.05, 4.69) is 10.2 Å². The first-order valence-corrected chi connectivity index (χ1v) is 5.27. The molecule has 0 N–H and O–H groups in total. The number of nitroso groups, excluding NO2 is 1. The minimum absolute atomic E-state index is 0.255. The van der Waals surface area contributed by atoms with Gasteiger partial charge in [-0.2, -0.15) is 0 Å². The summed E-state index contributed by atoms with van der Waals surface area (Å²) in [7, 11) is 0. The third kappa shape index (κ3) is 1.66. The van der Waals surface area contributed by atoms with Gasteiger partial charge in [-0.1, -0.05) is 12.1 Å². The van der Waals surface area contributed by atoms with Crippen LogP contribution in [0.4, 0.5) is 10.1 Å². The van der Waals surface area contributed by atoms with E-state index in [1.807, 2.05) is 18.2 Å². The summed E-state index contributed by atoms with van der Waals surface area (Å²) in [5.74, 6) is -0.328. The van der Waals surface area contributed by atoms with Gasteiger partial charge in [0.25, 0.3) is 0 Å². The third-order valence-electron chi connectivity index (χ3n) is 2.59. The molecule has 0 fully saturated rings. The first kappa shape index (κ1) is 10.6. The normalized spacial score (nSPS) is 10.7. The van der Waals surface area contributed by atoms with Crippen LogP contribution in [0.15, 0.2) is 52.1 Å². The largest absolute Gasteiger partial charge is 0.436 e. The van der Waals surface area contributed by atoms with Gasteiger partial charge >= 0.3 is 0 Å². The summed E-state index contributed by atoms with van der Waals surface area (Å²) in [5.41, 5.74) is 1.60. The summed E-state index contributed by atoms with van der Waals surface area (Å²) >= 11 is 0. The third-order valence-corrected chi connectivity index (χ3v) is 2.59. The standard InChI is InChI=1S/C13H7FN2O2/c14-9-6-5-8(7-11(9)16-17)13-15-10-3-1-2-4-12(10)18-13/h1-7H. The zero-order valence-corrected chi connectivity index (χ0v) is 9.13. The van der Waals surface area contributed by atoms with Gasteiger partial charge in [-0.25, -0.2) is 9.37 Å². The van der Waals surface area contributed by atoms with Crippen molar-refractivity contribution in [2.75, 3.05) is 0 Å². The van der Waals surface area contributed by atoms with Crippen molar-refractivity contribution in [3.63, 3.8) is 0 Å². The lowest BCUT2D eigenvalue weighted by Gasteiger charge is -1.96. The Hall–Kier alpha value is -2.56. The number of para-hydroxylation sites is 2. The molecule has 0 atom stereocenters. The van der Waals surface area contributed by atoms with Crippen LogP contribution in [0.5, 0.6) is 0 Å². The number of oxazole rings is 1. The van der Waals surface area contributed by atoms with E-state index in [1.165, 1.54) is 18.2 Å². The van der Waals surface area contributed by atoms with E-state index in [0.29, 0.717) is 22.6 Å². The molecule has 0 amide bonds. The zero-order chi connectivity index (χ0) is 12.5. The fraction of sp³-hybridized carbons (Fsp3) is 0. The summed E-state index contributed by atoms with van der Waals surface area (Å²) in [5, 5.41) is 2.62. The summed E-state index contributed by atoms with van der Waals surface area (Å²) in [6, 6.07) is 11.2. The fourth-order valence-electron chi connectivity index (χ4n) is 1.71. The molecule has 3 rings (SSSR count). The maximum atomic E-state index is 13.1. The van der Waals surface area contributed by atoms with Crippen molar-refractivity contribution >= 4 is 16.8 Å². The van der Waals surface area contributed by atoms with Gasteiger partial charge in [-0.3, -0.25) is 0 Å². The molecular formula is C13H7FN2O2. The van der Waals surface area contributed by atoms with Gasteiger partial charge in [0.15, 0.2) is 11.4 Å². The molecule has 0 spiro atoms. The number of halogens is 1. The minimum Gasteiger partial charge on any atom is -0.436 e. The highest BCUT2D eigenvalue weighted by Crippen LogP contribution is 2.28. The molecule has 5 heteroatoms. The summed E-state index contributed by atoms with van der Waals surface area (Å²) in [6.45, 7) is 0. The Kier molecular flexibility index (Phi) is 2.37. The van der Waals surface area contributed by atoms with Crippen LogP contribution < -0.4 is 0 Å². The molecule has 0 saturated heterocycles. The van der Waals surface area contributed by atoms with E-state index in [1.54, 1.807) is 6.07 Å². The monoisotopic (exact) mass is 242 g/mol. The first-order chi connectivity index (χ1) is 8.78. The Morgan fingerprint density at radius 1 is 1.17 bits per heavy atom. The topological polar surface area (TPSA) is 55.5 Å². The van der Waals surface area contributed by atoms with E-state index in [4.69, 9.17) is 4.42 Å². The molecule has 0 saturated carbocycles. The van der Waals surface area contributed by atoms with Crippen molar-refractivity contribution in [2.45, 2.75) is 0 Å². The van der Waals surface area contributed by atoms with Gasteiger partial charge in [0.05, 0.1) is 0 Å². The molecule has 3 aromatic rings. The van der Waals surface area contributed by atoms with E-state index in [-0.39, 0.29) is 5.69 Å². The lowest BCUT2D eigenvalue weighted by molar-refractivity contribution is 0.616. The predicted octanol–water partition coefficient (Wildman–Crippen LogP) is 4.03. The van der Waals surface area contributed by atoms with Gasteiger partial charge in [-0.15, -0.1) is 4.91 Å². The lowest BCUT2D eigenvalue weighted by atomic mass is 10.2. The van der Waals surface area contributed by atoms with Crippen LogP contribution in [0.25, 0.3) is 22.6 Å². The first-order valence-electron chi connectivity index (χ1n) is 5.27. The van der Waals surface area contributed by atoms with Crippen LogP contribution in [0.1, 0.15) is 0 Å². The molecule has 18 heavy (non-hydrogen) atoms. The molecule has 2 aromatic carbocycles. The molecule has 1 heterocycles. The number of rotatable bonds is 2. The second-order valence-corrected chi connectivity index (χ2v) is 3.74. The van der Waals surface area contributed by atoms with Gasteiger partial charge < -0.3 is 4.42 Å². The maximum Gasteiger partial charge on any atom is 0.227 e. The van der Waals surface area contributed by atoms with Crippen LogP contribution in [0.3, 0.4) is 0 Å². The van der Waals surface area contributed by atoms with E-state index in [0.717, 1.165) is 0 Å². The number of benzene rings is 2. The smallest absolute Gasteiger partial charge is 0.227 e. The molecule has 88 valence electrons. The van der Waals surface area contributed by atoms with Gasteiger partial charge in [0.1, 0.15) is 11.2 Å². The lowest BCUT2D eigenvalue weighted by Crippen LogP contribution is -1.80. The van der Waals surface area contributed by atoms with Crippen molar-refractivity contribution in [2.24, 2.45) is 5.18 Å². The van der Waals surface area contributed by atoms with E-state index >= 15 is 0 Å². The van der Waals surface area contributed by atoms with Crippen molar-refractivity contribution in [3.8, 4) is 11.5 Å². The SMILES string of the molecule is O=Nc1cc(-c2nc3ccccc3o2)ccc1F. The second kappa shape index (κ2) is 4.03. The maximum absolute atomic E-state index is 13.1. The van der Waals surface area contributed by atoms with Crippen LogP contribution in [-0.2, 0) is 0 Å². The zero-order valence-electron chi connectivity index (χ0n) is 9.13. The van der Waals surface area contributed by atoms with Gasteiger partial charge in [0.2, 0.25) is 5.89 Å². The summed E-state index contributed by atoms with van der Waals surface area (Å²) < 4.78 is 18.7. The van der Waals surface area contributed by atoms with Crippen molar-refractivity contribution in [1.82, 2.24) is 4.98 Å². The quantitative estimate of drug-likeness (QED) is 0.637. The van der Waals surface area contributed by atoms with Crippen LogP contribution in [0, 0.1) is 10.7 Å². The van der Waals surface area contributed by atoms with Gasteiger partial charge in [-0.05, 0) is 35.5 Å². The number of nitrogens with zero attached hydrogens (tertiary/aromatic N) is 2. The summed E-state index contributed by atoms with van der Waals surface area (Å²) in [4.78, 5) is 14.7. The molecule has 0 radical (unpaired) electrons. The van der Waals surface area contributed by atoms with Crippen molar-refractivity contribution in [1.29, 1.82) is 0 Å². The molecule has 0 aliphatic heterocycles. The highest BCUT2D eigenvalue weighted by Gasteiger charge is 2.10. The highest BCUT2D eigenvalue weighted by atomic mass is 19.1. The van der Waals surface area contributed by atoms with Gasteiger partial charge in [0, 0.05) is 5.56 Å². The van der Waals surface area contributed by atoms with Crippen LogP contribution in [-0.4, -0.2) is 4.98 Å². The van der Waals surface area contributed by atoms with Crippen LogP contribution >= 0.6 is 0 Å². The fourth-order valence-corrected chi connectivity index (χ4v) is 1.71. The van der Waals surface area contributed by atoms with E-state index < -0.39 is 5.82 Å². The molecule has 0 aliphatic carbocycles. The molecule has 0 aliphatic rings. The van der Waals surface area contributed by atoms with E-state index in [9.17, 15) is 9.30 Å². The Morgan fingerprint density at radius 3 is 2.78 bits per heavy atom. The Bertz CT molecular complexity index is 704. The molecule has 0 bridgehead atoms.